The number of ether oxygens (including phenoxy) is 1. The third kappa shape index (κ3) is 5.01. The topological polar surface area (TPSA) is 59.4 Å². The molecule has 4 nitrogen and oxygen atoms in total. The summed E-state index contributed by atoms with van der Waals surface area (Å²) >= 11 is 1.59. The standard InChI is InChI=1S/C23H22FNO3S/c24-18-8-11-20(23-22(16-6-7-16)25-14-29-23)17(12-18)13-28-19-9-4-15(5-10-19)2-1-3-21(26)27/h4-5,8-12,14,16H,1-3,6-7,13H2,(H,26,27). The molecule has 2 aromatic carbocycles. The van der Waals surface area contributed by atoms with Crippen LogP contribution in [0.1, 0.15) is 48.4 Å². The Labute approximate surface area is 173 Å². The van der Waals surface area contributed by atoms with Crippen LogP contribution in [0.4, 0.5) is 4.39 Å². The van der Waals surface area contributed by atoms with Crippen molar-refractivity contribution in [3.8, 4) is 16.2 Å². The lowest BCUT2D eigenvalue weighted by atomic mass is 10.0. The Bertz CT molecular complexity index is 996. The molecule has 3 aromatic rings. The molecule has 0 aliphatic heterocycles. The summed E-state index contributed by atoms with van der Waals surface area (Å²) < 4.78 is 19.8. The van der Waals surface area contributed by atoms with Crippen LogP contribution in [0.25, 0.3) is 10.4 Å². The molecule has 0 unspecified atom stereocenters. The number of carbonyl (C=O) groups is 1. The van der Waals surface area contributed by atoms with Gasteiger partial charge in [-0.25, -0.2) is 9.37 Å². The molecule has 6 heteroatoms. The predicted molar refractivity (Wildman–Crippen MR) is 111 cm³/mol. The van der Waals surface area contributed by atoms with Crippen molar-refractivity contribution in [2.45, 2.75) is 44.6 Å². The Morgan fingerprint density at radius 2 is 2.00 bits per heavy atom. The average Bonchev–Trinajstić information content (AvgIpc) is 3.44. The number of aliphatic carboxylic acids is 1. The lowest BCUT2D eigenvalue weighted by molar-refractivity contribution is -0.137. The Morgan fingerprint density at radius 1 is 1.21 bits per heavy atom. The van der Waals surface area contributed by atoms with Crippen LogP contribution in [0.15, 0.2) is 48.0 Å². The van der Waals surface area contributed by atoms with Crippen molar-refractivity contribution in [3.63, 3.8) is 0 Å². The highest BCUT2D eigenvalue weighted by Gasteiger charge is 2.29. The van der Waals surface area contributed by atoms with Gasteiger partial charge in [0.1, 0.15) is 18.2 Å². The zero-order valence-electron chi connectivity index (χ0n) is 15.9. The molecule has 0 amide bonds. The molecule has 1 aliphatic rings. The summed E-state index contributed by atoms with van der Waals surface area (Å²) in [6.45, 7) is 0.271. The fraction of sp³-hybridized carbons (Fsp3) is 0.304. The molecule has 4 rings (SSSR count). The van der Waals surface area contributed by atoms with E-state index in [1.54, 1.807) is 11.3 Å². The van der Waals surface area contributed by atoms with E-state index in [1.807, 2.05) is 35.8 Å². The molecule has 1 saturated carbocycles. The van der Waals surface area contributed by atoms with E-state index in [0.29, 0.717) is 18.1 Å². The summed E-state index contributed by atoms with van der Waals surface area (Å²) in [6, 6.07) is 12.5. The highest BCUT2D eigenvalue weighted by Crippen LogP contribution is 2.45. The van der Waals surface area contributed by atoms with Gasteiger partial charge in [-0.3, -0.25) is 4.79 Å². The number of hydrogen-bond donors (Lipinski definition) is 1. The molecule has 0 atom stereocenters. The molecule has 1 aromatic heterocycles. The van der Waals surface area contributed by atoms with Gasteiger partial charge < -0.3 is 9.84 Å². The molecule has 1 N–H and O–H groups in total. The van der Waals surface area contributed by atoms with E-state index in [0.717, 1.165) is 33.7 Å². The van der Waals surface area contributed by atoms with Gasteiger partial charge in [-0.05, 0) is 55.5 Å². The maximum Gasteiger partial charge on any atom is 0.303 e. The van der Waals surface area contributed by atoms with Gasteiger partial charge in [0.15, 0.2) is 0 Å². The molecular formula is C23H22FNO3S. The van der Waals surface area contributed by atoms with Gasteiger partial charge in [-0.1, -0.05) is 18.2 Å². The van der Waals surface area contributed by atoms with E-state index < -0.39 is 5.97 Å². The number of nitrogens with zero attached hydrogens (tertiary/aromatic N) is 1. The third-order valence-corrected chi connectivity index (χ3v) is 5.92. The number of carboxylic acid groups (broad SMARTS) is 1. The Hall–Kier alpha value is -2.73. The number of thiazole rings is 1. The first-order valence-corrected chi connectivity index (χ1v) is 10.6. The summed E-state index contributed by atoms with van der Waals surface area (Å²) in [5.41, 5.74) is 5.85. The largest absolute Gasteiger partial charge is 0.489 e. The third-order valence-electron chi connectivity index (χ3n) is 5.04. The Morgan fingerprint density at radius 3 is 2.72 bits per heavy atom. The van der Waals surface area contributed by atoms with Crippen molar-refractivity contribution >= 4 is 17.3 Å². The lowest BCUT2D eigenvalue weighted by Gasteiger charge is -2.12. The van der Waals surface area contributed by atoms with Gasteiger partial charge in [-0.2, -0.15) is 0 Å². The van der Waals surface area contributed by atoms with Crippen molar-refractivity contribution in [3.05, 3.63) is 70.6 Å². The van der Waals surface area contributed by atoms with E-state index in [4.69, 9.17) is 9.84 Å². The second kappa shape index (κ2) is 8.74. The molecule has 1 fully saturated rings. The molecule has 0 bridgehead atoms. The normalized spacial score (nSPS) is 13.4. The first-order valence-electron chi connectivity index (χ1n) is 9.76. The summed E-state index contributed by atoms with van der Waals surface area (Å²) in [5, 5.41) is 8.73. The smallest absolute Gasteiger partial charge is 0.303 e. The summed E-state index contributed by atoms with van der Waals surface area (Å²) in [5.74, 6) is 0.179. The number of hydrogen-bond acceptors (Lipinski definition) is 4. The van der Waals surface area contributed by atoms with Gasteiger partial charge in [0.05, 0.1) is 16.1 Å². The number of aryl methyl sites for hydroxylation is 1. The fourth-order valence-corrected chi connectivity index (χ4v) is 4.30. The molecule has 0 radical (unpaired) electrons. The number of halogens is 1. The van der Waals surface area contributed by atoms with Gasteiger partial charge in [0, 0.05) is 23.5 Å². The molecule has 1 aliphatic carbocycles. The van der Waals surface area contributed by atoms with Crippen LogP contribution in [0.3, 0.4) is 0 Å². The van der Waals surface area contributed by atoms with E-state index in [9.17, 15) is 9.18 Å². The minimum absolute atomic E-state index is 0.168. The molecule has 0 spiro atoms. The number of aromatic nitrogens is 1. The van der Waals surface area contributed by atoms with Gasteiger partial charge in [0.2, 0.25) is 0 Å². The molecule has 150 valence electrons. The number of carboxylic acids is 1. The highest BCUT2D eigenvalue weighted by molar-refractivity contribution is 7.13. The van der Waals surface area contributed by atoms with E-state index in [-0.39, 0.29) is 18.8 Å². The van der Waals surface area contributed by atoms with Crippen molar-refractivity contribution < 1.29 is 19.0 Å². The Kier molecular flexibility index (Phi) is 5.90. The minimum Gasteiger partial charge on any atom is -0.489 e. The molecule has 1 heterocycles. The van der Waals surface area contributed by atoms with Crippen LogP contribution in [-0.2, 0) is 17.8 Å². The predicted octanol–water partition coefficient (Wildman–Crippen LogP) is 5.81. The first-order chi connectivity index (χ1) is 14.1. The fourth-order valence-electron chi connectivity index (χ4n) is 3.36. The zero-order valence-corrected chi connectivity index (χ0v) is 16.8. The van der Waals surface area contributed by atoms with Crippen LogP contribution >= 0.6 is 11.3 Å². The van der Waals surface area contributed by atoms with Crippen molar-refractivity contribution in [2.75, 3.05) is 0 Å². The van der Waals surface area contributed by atoms with Crippen LogP contribution in [-0.4, -0.2) is 16.1 Å². The minimum atomic E-state index is -0.776. The van der Waals surface area contributed by atoms with Crippen LogP contribution in [0.5, 0.6) is 5.75 Å². The first kappa shape index (κ1) is 19.6. The van der Waals surface area contributed by atoms with Crippen LogP contribution < -0.4 is 4.74 Å². The van der Waals surface area contributed by atoms with Gasteiger partial charge >= 0.3 is 5.97 Å². The monoisotopic (exact) mass is 411 g/mol. The number of rotatable bonds is 9. The number of benzene rings is 2. The molecule has 0 saturated heterocycles. The summed E-state index contributed by atoms with van der Waals surface area (Å²) in [7, 11) is 0. The second-order valence-electron chi connectivity index (χ2n) is 7.32. The molecule has 29 heavy (non-hydrogen) atoms. The van der Waals surface area contributed by atoms with E-state index in [1.165, 1.54) is 25.0 Å². The lowest BCUT2D eigenvalue weighted by Crippen LogP contribution is -2.00. The van der Waals surface area contributed by atoms with E-state index in [2.05, 4.69) is 4.98 Å². The van der Waals surface area contributed by atoms with Crippen LogP contribution in [0, 0.1) is 5.82 Å². The highest BCUT2D eigenvalue weighted by atomic mass is 32.1. The average molecular weight is 411 g/mol. The quantitative estimate of drug-likeness (QED) is 0.482. The Balaban J connectivity index is 1.45. The van der Waals surface area contributed by atoms with E-state index >= 15 is 0 Å². The summed E-state index contributed by atoms with van der Waals surface area (Å²) in [6.07, 6.45) is 3.84. The summed E-state index contributed by atoms with van der Waals surface area (Å²) in [4.78, 5) is 16.3. The zero-order chi connectivity index (χ0) is 20.2. The maximum atomic E-state index is 13.9. The molecular weight excluding hydrogens is 389 g/mol. The SMILES string of the molecule is O=C(O)CCCc1ccc(OCc2cc(F)ccc2-c2scnc2C2CC2)cc1. The maximum absolute atomic E-state index is 13.9. The van der Waals surface area contributed by atoms with Gasteiger partial charge in [-0.15, -0.1) is 11.3 Å². The van der Waals surface area contributed by atoms with Crippen LogP contribution in [0.2, 0.25) is 0 Å². The van der Waals surface area contributed by atoms with Gasteiger partial charge in [0.25, 0.3) is 0 Å². The van der Waals surface area contributed by atoms with Crippen molar-refractivity contribution in [1.29, 1.82) is 0 Å². The van der Waals surface area contributed by atoms with Crippen molar-refractivity contribution in [2.24, 2.45) is 0 Å². The second-order valence-corrected chi connectivity index (χ2v) is 8.18. The van der Waals surface area contributed by atoms with Crippen molar-refractivity contribution in [1.82, 2.24) is 4.98 Å².